The van der Waals surface area contributed by atoms with Gasteiger partial charge in [-0.1, -0.05) is 20.8 Å². The van der Waals surface area contributed by atoms with E-state index in [4.69, 9.17) is 5.73 Å². The van der Waals surface area contributed by atoms with E-state index in [1.807, 2.05) is 30.6 Å². The van der Waals surface area contributed by atoms with Crippen LogP contribution in [-0.4, -0.2) is 54.3 Å². The third-order valence-electron chi connectivity index (χ3n) is 3.52. The highest BCUT2D eigenvalue weighted by atomic mass is 16.2. The first-order chi connectivity index (χ1) is 8.51. The van der Waals surface area contributed by atoms with E-state index < -0.39 is 0 Å². The molecule has 1 fully saturated rings. The molecule has 0 bridgehead atoms. The van der Waals surface area contributed by atoms with Crippen molar-refractivity contribution < 1.29 is 9.59 Å². The summed E-state index contributed by atoms with van der Waals surface area (Å²) >= 11 is 0. The number of rotatable bonds is 4. The van der Waals surface area contributed by atoms with Crippen molar-refractivity contribution in [3.05, 3.63) is 0 Å². The van der Waals surface area contributed by atoms with Gasteiger partial charge in [0, 0.05) is 38.6 Å². The van der Waals surface area contributed by atoms with E-state index in [0.29, 0.717) is 32.7 Å². The Labute approximate surface area is 109 Å². The average molecular weight is 255 g/mol. The highest BCUT2D eigenvalue weighted by molar-refractivity contribution is 5.80. The first-order valence-electron chi connectivity index (χ1n) is 6.78. The number of nitrogens with two attached hydrogens (primary N) is 1. The van der Waals surface area contributed by atoms with Gasteiger partial charge in [-0.15, -0.1) is 0 Å². The van der Waals surface area contributed by atoms with Crippen molar-refractivity contribution >= 4 is 11.8 Å². The molecule has 0 aliphatic carbocycles. The molecular formula is C13H25N3O2. The predicted molar refractivity (Wildman–Crippen MR) is 70.8 cm³/mol. The van der Waals surface area contributed by atoms with Gasteiger partial charge in [0.2, 0.25) is 11.8 Å². The fraction of sp³-hybridized carbons (Fsp3) is 0.846. The summed E-state index contributed by atoms with van der Waals surface area (Å²) in [5.41, 5.74) is 5.59. The lowest BCUT2D eigenvalue weighted by Gasteiger charge is -2.37. The van der Waals surface area contributed by atoms with Crippen molar-refractivity contribution in [2.24, 2.45) is 17.6 Å². The number of amides is 2. The maximum atomic E-state index is 12.1. The van der Waals surface area contributed by atoms with Gasteiger partial charge >= 0.3 is 0 Å². The van der Waals surface area contributed by atoms with Crippen molar-refractivity contribution in [2.75, 3.05) is 32.7 Å². The standard InChI is InChI=1S/C13H25N3O2/c1-4-11(9-14)13(18)16-7-5-15(6-8-16)12(17)10(2)3/h10-11H,4-9,14H2,1-3H3. The second kappa shape index (κ2) is 6.73. The summed E-state index contributed by atoms with van der Waals surface area (Å²) in [5, 5.41) is 0. The Bertz CT molecular complexity index is 293. The fourth-order valence-corrected chi connectivity index (χ4v) is 2.21. The van der Waals surface area contributed by atoms with Crippen LogP contribution >= 0.6 is 0 Å². The van der Waals surface area contributed by atoms with Crippen LogP contribution < -0.4 is 5.73 Å². The molecule has 2 N–H and O–H groups in total. The van der Waals surface area contributed by atoms with Crippen LogP contribution in [0.25, 0.3) is 0 Å². The Morgan fingerprint density at radius 3 is 1.83 bits per heavy atom. The number of piperazine rings is 1. The normalized spacial score (nSPS) is 18.1. The van der Waals surface area contributed by atoms with Gasteiger partial charge in [0.25, 0.3) is 0 Å². The number of carbonyl (C=O) groups excluding carboxylic acids is 2. The molecule has 5 nitrogen and oxygen atoms in total. The summed E-state index contributed by atoms with van der Waals surface area (Å²) in [5.74, 6) is 0.265. The Morgan fingerprint density at radius 1 is 1.06 bits per heavy atom. The predicted octanol–water partition coefficient (Wildman–Crippen LogP) is 0.298. The van der Waals surface area contributed by atoms with Gasteiger partial charge in [-0.2, -0.15) is 0 Å². The minimum Gasteiger partial charge on any atom is -0.339 e. The Hall–Kier alpha value is -1.10. The summed E-state index contributed by atoms with van der Waals surface area (Å²) in [7, 11) is 0. The van der Waals surface area contributed by atoms with Crippen molar-refractivity contribution in [1.82, 2.24) is 9.80 Å². The van der Waals surface area contributed by atoms with E-state index >= 15 is 0 Å². The molecule has 5 heteroatoms. The van der Waals surface area contributed by atoms with Gasteiger partial charge in [-0.25, -0.2) is 0 Å². The van der Waals surface area contributed by atoms with Gasteiger partial charge in [0.05, 0.1) is 5.92 Å². The van der Waals surface area contributed by atoms with Crippen molar-refractivity contribution in [3.63, 3.8) is 0 Å². The summed E-state index contributed by atoms with van der Waals surface area (Å²) in [4.78, 5) is 27.6. The van der Waals surface area contributed by atoms with Crippen molar-refractivity contribution in [1.29, 1.82) is 0 Å². The summed E-state index contributed by atoms with van der Waals surface area (Å²) in [6, 6.07) is 0. The average Bonchev–Trinajstić information content (AvgIpc) is 2.39. The molecule has 1 saturated heterocycles. The smallest absolute Gasteiger partial charge is 0.227 e. The van der Waals surface area contributed by atoms with Gasteiger partial charge < -0.3 is 15.5 Å². The largest absolute Gasteiger partial charge is 0.339 e. The van der Waals surface area contributed by atoms with Crippen LogP contribution in [0.2, 0.25) is 0 Å². The van der Waals surface area contributed by atoms with Crippen LogP contribution in [0.15, 0.2) is 0 Å². The molecule has 18 heavy (non-hydrogen) atoms. The minimum atomic E-state index is -0.0719. The molecule has 2 amide bonds. The monoisotopic (exact) mass is 255 g/mol. The van der Waals surface area contributed by atoms with Crippen LogP contribution in [0.4, 0.5) is 0 Å². The Morgan fingerprint density at radius 2 is 1.50 bits per heavy atom. The van der Waals surface area contributed by atoms with Gasteiger partial charge in [-0.05, 0) is 6.42 Å². The molecule has 1 atom stereocenters. The summed E-state index contributed by atoms with van der Waals surface area (Å²) in [6.45, 7) is 8.74. The zero-order valence-electron chi connectivity index (χ0n) is 11.7. The topological polar surface area (TPSA) is 66.6 Å². The second-order valence-electron chi connectivity index (χ2n) is 5.15. The quantitative estimate of drug-likeness (QED) is 0.785. The zero-order chi connectivity index (χ0) is 13.7. The van der Waals surface area contributed by atoms with Crippen LogP contribution in [0.3, 0.4) is 0 Å². The zero-order valence-corrected chi connectivity index (χ0v) is 11.7. The van der Waals surface area contributed by atoms with E-state index in [2.05, 4.69) is 0 Å². The summed E-state index contributed by atoms with van der Waals surface area (Å²) in [6.07, 6.45) is 0.778. The lowest BCUT2D eigenvalue weighted by Crippen LogP contribution is -2.53. The molecule has 1 aliphatic rings. The Kier molecular flexibility index (Phi) is 5.59. The number of carbonyl (C=O) groups is 2. The first kappa shape index (κ1) is 15.0. The van der Waals surface area contributed by atoms with Crippen LogP contribution in [0.1, 0.15) is 27.2 Å². The molecular weight excluding hydrogens is 230 g/mol. The highest BCUT2D eigenvalue weighted by Gasteiger charge is 2.27. The SMILES string of the molecule is CCC(CN)C(=O)N1CCN(C(=O)C(C)C)CC1. The maximum Gasteiger partial charge on any atom is 0.227 e. The van der Waals surface area contributed by atoms with E-state index in [1.54, 1.807) is 0 Å². The van der Waals surface area contributed by atoms with E-state index in [1.165, 1.54) is 0 Å². The fourth-order valence-electron chi connectivity index (χ4n) is 2.21. The summed E-state index contributed by atoms with van der Waals surface area (Å²) < 4.78 is 0. The highest BCUT2D eigenvalue weighted by Crippen LogP contribution is 2.11. The van der Waals surface area contributed by atoms with E-state index in [0.717, 1.165) is 6.42 Å². The lowest BCUT2D eigenvalue weighted by molar-refractivity contribution is -0.143. The molecule has 104 valence electrons. The minimum absolute atomic E-state index is 0.0275. The lowest BCUT2D eigenvalue weighted by atomic mass is 10.0. The van der Waals surface area contributed by atoms with Crippen molar-refractivity contribution in [3.8, 4) is 0 Å². The molecule has 1 aliphatic heterocycles. The van der Waals surface area contributed by atoms with Crippen LogP contribution in [0.5, 0.6) is 0 Å². The van der Waals surface area contributed by atoms with Crippen LogP contribution in [-0.2, 0) is 9.59 Å². The first-order valence-corrected chi connectivity index (χ1v) is 6.78. The molecule has 1 rings (SSSR count). The molecule has 0 radical (unpaired) electrons. The third-order valence-corrected chi connectivity index (χ3v) is 3.52. The number of nitrogens with zero attached hydrogens (tertiary/aromatic N) is 2. The van der Waals surface area contributed by atoms with Gasteiger partial charge in [0.1, 0.15) is 0 Å². The maximum absolute atomic E-state index is 12.1. The molecule has 0 aromatic heterocycles. The van der Waals surface area contributed by atoms with Gasteiger partial charge in [-0.3, -0.25) is 9.59 Å². The Balaban J connectivity index is 2.49. The van der Waals surface area contributed by atoms with E-state index in [9.17, 15) is 9.59 Å². The molecule has 1 unspecified atom stereocenters. The van der Waals surface area contributed by atoms with Gasteiger partial charge in [0.15, 0.2) is 0 Å². The third kappa shape index (κ3) is 3.45. The molecule has 1 heterocycles. The second-order valence-corrected chi connectivity index (χ2v) is 5.15. The molecule has 0 aromatic rings. The number of hydrogen-bond donors (Lipinski definition) is 1. The molecule has 0 spiro atoms. The van der Waals surface area contributed by atoms with Crippen LogP contribution in [0, 0.1) is 11.8 Å². The van der Waals surface area contributed by atoms with E-state index in [-0.39, 0.29) is 23.7 Å². The number of hydrogen-bond acceptors (Lipinski definition) is 3. The molecule has 0 saturated carbocycles. The van der Waals surface area contributed by atoms with Crippen molar-refractivity contribution in [2.45, 2.75) is 27.2 Å². The molecule has 0 aromatic carbocycles.